The predicted octanol–water partition coefficient (Wildman–Crippen LogP) is 0.571. The van der Waals surface area contributed by atoms with Crippen LogP contribution < -0.4 is 4.74 Å². The van der Waals surface area contributed by atoms with Gasteiger partial charge in [-0.3, -0.25) is 4.99 Å². The first-order valence-electron chi connectivity index (χ1n) is 2.93. The minimum absolute atomic E-state index is 0.526. The van der Waals surface area contributed by atoms with E-state index in [1.54, 1.807) is 18.6 Å². The van der Waals surface area contributed by atoms with Crippen LogP contribution in [0.15, 0.2) is 17.4 Å². The molecule has 50 valence electrons. The lowest BCUT2D eigenvalue weighted by molar-refractivity contribution is 0.374. The summed E-state index contributed by atoms with van der Waals surface area (Å²) in [6.07, 6.45) is 4.83. The molecule has 0 amide bonds. The van der Waals surface area contributed by atoms with Gasteiger partial charge in [-0.25, -0.2) is 0 Å². The summed E-state index contributed by atoms with van der Waals surface area (Å²) >= 11 is 0. The second-order valence-electron chi connectivity index (χ2n) is 1.86. The molecule has 1 aliphatic heterocycles. The molecule has 1 aliphatic rings. The number of rotatable bonds is 0. The molecule has 10 heavy (non-hydrogen) atoms. The number of nitrogens with zero attached hydrogens (tertiary/aromatic N) is 3. The Morgan fingerprint density at radius 3 is 3.10 bits per heavy atom. The lowest BCUT2D eigenvalue weighted by Crippen LogP contribution is -2.03. The Morgan fingerprint density at radius 2 is 2.20 bits per heavy atom. The van der Waals surface area contributed by atoms with Crippen molar-refractivity contribution in [1.29, 1.82) is 0 Å². The predicted molar refractivity (Wildman–Crippen MR) is 35.7 cm³/mol. The van der Waals surface area contributed by atoms with E-state index in [1.165, 1.54) is 0 Å². The van der Waals surface area contributed by atoms with Gasteiger partial charge < -0.3 is 4.74 Å². The van der Waals surface area contributed by atoms with Gasteiger partial charge in [-0.15, -0.1) is 0 Å². The van der Waals surface area contributed by atoms with Crippen molar-refractivity contribution in [3.8, 4) is 5.75 Å². The maximum atomic E-state index is 5.17. The van der Waals surface area contributed by atoms with E-state index >= 15 is 0 Å². The zero-order chi connectivity index (χ0) is 6.81. The molecule has 0 saturated heterocycles. The molecule has 2 rings (SSSR count). The zero-order valence-corrected chi connectivity index (χ0v) is 5.19. The first-order chi connectivity index (χ1) is 4.97. The van der Waals surface area contributed by atoms with Gasteiger partial charge in [-0.05, 0) is 0 Å². The summed E-state index contributed by atoms with van der Waals surface area (Å²) in [4.78, 5) is 4.04. The van der Waals surface area contributed by atoms with Crippen molar-refractivity contribution in [3.05, 3.63) is 12.4 Å². The van der Waals surface area contributed by atoms with Gasteiger partial charge in [0, 0.05) is 6.21 Å². The van der Waals surface area contributed by atoms with E-state index in [0.29, 0.717) is 12.4 Å². The summed E-state index contributed by atoms with van der Waals surface area (Å²) in [7, 11) is 0. The third kappa shape index (κ3) is 0.737. The number of aliphatic imine (C=N–C) groups is 1. The molecule has 0 fully saturated rings. The molecule has 0 spiro atoms. The number of ether oxygens (including phenoxy) is 1. The molecule has 2 heterocycles. The van der Waals surface area contributed by atoms with Crippen LogP contribution in [0.5, 0.6) is 5.75 Å². The second-order valence-corrected chi connectivity index (χ2v) is 1.86. The summed E-state index contributed by atoms with van der Waals surface area (Å²) in [5, 5.41) is 7.30. The van der Waals surface area contributed by atoms with Crippen LogP contribution in [-0.2, 0) is 0 Å². The largest absolute Gasteiger partial charge is 0.484 e. The molecule has 0 saturated carbocycles. The quantitative estimate of drug-likeness (QED) is 0.522. The van der Waals surface area contributed by atoms with Crippen LogP contribution in [0.2, 0.25) is 0 Å². The van der Waals surface area contributed by atoms with Gasteiger partial charge in [0.15, 0.2) is 5.75 Å². The van der Waals surface area contributed by atoms with Crippen LogP contribution in [-0.4, -0.2) is 23.0 Å². The average Bonchev–Trinajstić information content (AvgIpc) is 2.05. The van der Waals surface area contributed by atoms with Gasteiger partial charge in [0.05, 0.1) is 12.4 Å². The third-order valence-corrected chi connectivity index (χ3v) is 1.22. The smallest absolute Gasteiger partial charge is 0.167 e. The SMILES string of the molecule is C1=Nc2cnncc2OC1. The van der Waals surface area contributed by atoms with E-state index in [9.17, 15) is 0 Å². The molecule has 4 heteroatoms. The molecule has 1 aromatic rings. The minimum atomic E-state index is 0.526. The number of hydrogen-bond acceptors (Lipinski definition) is 4. The van der Waals surface area contributed by atoms with Gasteiger partial charge in [0.25, 0.3) is 0 Å². The van der Waals surface area contributed by atoms with E-state index in [4.69, 9.17) is 4.74 Å². The topological polar surface area (TPSA) is 47.4 Å². The van der Waals surface area contributed by atoms with Crippen molar-refractivity contribution in [2.75, 3.05) is 6.61 Å². The molecule has 0 aliphatic carbocycles. The molecule has 0 bridgehead atoms. The Morgan fingerprint density at radius 1 is 1.30 bits per heavy atom. The second kappa shape index (κ2) is 2.06. The Hall–Kier alpha value is -1.45. The van der Waals surface area contributed by atoms with Crippen molar-refractivity contribution < 1.29 is 4.74 Å². The van der Waals surface area contributed by atoms with E-state index < -0.39 is 0 Å². The van der Waals surface area contributed by atoms with Crippen LogP contribution in [0.4, 0.5) is 5.69 Å². The van der Waals surface area contributed by atoms with Gasteiger partial charge in [-0.1, -0.05) is 0 Å². The Labute approximate surface area is 57.6 Å². The lowest BCUT2D eigenvalue weighted by Gasteiger charge is -2.08. The first kappa shape index (κ1) is 5.34. The fraction of sp³-hybridized carbons (Fsp3) is 0.167. The molecule has 0 atom stereocenters. The molecule has 0 N–H and O–H groups in total. The molecular formula is C6H5N3O. The number of hydrogen-bond donors (Lipinski definition) is 0. The van der Waals surface area contributed by atoms with Crippen molar-refractivity contribution in [2.45, 2.75) is 0 Å². The first-order valence-corrected chi connectivity index (χ1v) is 2.93. The highest BCUT2D eigenvalue weighted by molar-refractivity contribution is 5.69. The average molecular weight is 135 g/mol. The minimum Gasteiger partial charge on any atom is -0.484 e. The molecule has 1 aromatic heterocycles. The summed E-state index contributed by atoms with van der Waals surface area (Å²) < 4.78 is 5.17. The van der Waals surface area contributed by atoms with Crippen LogP contribution >= 0.6 is 0 Å². The van der Waals surface area contributed by atoms with E-state index in [2.05, 4.69) is 15.2 Å². The Kier molecular flexibility index (Phi) is 1.10. The van der Waals surface area contributed by atoms with Crippen molar-refractivity contribution in [1.82, 2.24) is 10.2 Å². The van der Waals surface area contributed by atoms with Gasteiger partial charge >= 0.3 is 0 Å². The summed E-state index contributed by atoms with van der Waals surface area (Å²) in [5.41, 5.74) is 0.751. The van der Waals surface area contributed by atoms with Crippen molar-refractivity contribution in [3.63, 3.8) is 0 Å². The molecule has 4 nitrogen and oxygen atoms in total. The highest BCUT2D eigenvalue weighted by atomic mass is 16.5. The number of aromatic nitrogens is 2. The van der Waals surface area contributed by atoms with Crippen LogP contribution in [0, 0.1) is 0 Å². The standard InChI is InChI=1S/C6H5N3O/c1-2-10-6-4-9-8-3-5(6)7-1/h1,3-4H,2H2. The molecular weight excluding hydrogens is 130 g/mol. The lowest BCUT2D eigenvalue weighted by atomic mass is 10.4. The normalized spacial score (nSPS) is 14.0. The Balaban J connectivity index is 2.54. The maximum absolute atomic E-state index is 5.17. The van der Waals surface area contributed by atoms with Crippen molar-refractivity contribution >= 4 is 11.9 Å². The van der Waals surface area contributed by atoms with Crippen LogP contribution in [0.3, 0.4) is 0 Å². The molecule has 0 radical (unpaired) electrons. The van der Waals surface area contributed by atoms with E-state index in [-0.39, 0.29) is 0 Å². The fourth-order valence-electron chi connectivity index (χ4n) is 0.774. The van der Waals surface area contributed by atoms with Crippen molar-refractivity contribution in [2.24, 2.45) is 4.99 Å². The highest BCUT2D eigenvalue weighted by Crippen LogP contribution is 2.25. The maximum Gasteiger partial charge on any atom is 0.167 e. The van der Waals surface area contributed by atoms with Gasteiger partial charge in [-0.2, -0.15) is 10.2 Å². The third-order valence-electron chi connectivity index (χ3n) is 1.22. The molecule has 0 unspecified atom stereocenters. The van der Waals surface area contributed by atoms with E-state index in [1.807, 2.05) is 0 Å². The molecule has 0 aromatic carbocycles. The zero-order valence-electron chi connectivity index (χ0n) is 5.19. The van der Waals surface area contributed by atoms with Crippen LogP contribution in [0.25, 0.3) is 0 Å². The highest BCUT2D eigenvalue weighted by Gasteiger charge is 2.04. The monoisotopic (exact) mass is 135 g/mol. The van der Waals surface area contributed by atoms with Crippen LogP contribution in [0.1, 0.15) is 0 Å². The summed E-state index contributed by atoms with van der Waals surface area (Å²) in [6.45, 7) is 0.526. The Bertz CT molecular complexity index is 271. The fourth-order valence-corrected chi connectivity index (χ4v) is 0.774. The van der Waals surface area contributed by atoms with Gasteiger partial charge in [0.1, 0.15) is 12.3 Å². The van der Waals surface area contributed by atoms with Gasteiger partial charge in [0.2, 0.25) is 0 Å². The summed E-state index contributed by atoms with van der Waals surface area (Å²) in [6, 6.07) is 0. The number of fused-ring (bicyclic) bond motifs is 1. The van der Waals surface area contributed by atoms with E-state index in [0.717, 1.165) is 5.69 Å². The summed E-state index contributed by atoms with van der Waals surface area (Å²) in [5.74, 6) is 0.706.